The Bertz CT molecular complexity index is 669. The van der Waals surface area contributed by atoms with Gasteiger partial charge >= 0.3 is 0 Å². The smallest absolute Gasteiger partial charge is 0.191 e. The zero-order valence-electron chi connectivity index (χ0n) is 18.2. The van der Waals surface area contributed by atoms with Gasteiger partial charge in [0.25, 0.3) is 0 Å². The molecule has 0 radical (unpaired) electrons. The number of likely N-dealkylation sites (tertiary alicyclic amines) is 1. The van der Waals surface area contributed by atoms with E-state index in [-0.39, 0.29) is 42.1 Å². The molecule has 1 aromatic carbocycles. The van der Waals surface area contributed by atoms with Gasteiger partial charge in [0.1, 0.15) is 11.6 Å². The van der Waals surface area contributed by atoms with Gasteiger partial charge in [-0.05, 0) is 50.8 Å². The molecule has 6 nitrogen and oxygen atoms in total. The zero-order chi connectivity index (χ0) is 21.2. The Balaban J connectivity index is 0.00000341. The van der Waals surface area contributed by atoms with E-state index in [1.807, 2.05) is 0 Å². The van der Waals surface area contributed by atoms with Crippen molar-refractivity contribution in [1.82, 2.24) is 15.5 Å². The quantitative estimate of drug-likeness (QED) is 0.225. The monoisotopic (exact) mass is 552 g/mol. The van der Waals surface area contributed by atoms with Gasteiger partial charge in [0, 0.05) is 58.1 Å². The minimum atomic E-state index is -0.481. The highest BCUT2D eigenvalue weighted by Crippen LogP contribution is 2.18. The molecule has 0 amide bonds. The van der Waals surface area contributed by atoms with Gasteiger partial charge in [0.05, 0.1) is 6.10 Å². The first-order valence-electron chi connectivity index (χ1n) is 11.0. The summed E-state index contributed by atoms with van der Waals surface area (Å²) in [6, 6.07) is 4.22. The highest BCUT2D eigenvalue weighted by molar-refractivity contribution is 14.0. The molecule has 31 heavy (non-hydrogen) atoms. The summed E-state index contributed by atoms with van der Waals surface area (Å²) in [4.78, 5) is 6.40. The average molecular weight is 552 g/mol. The number of halogens is 3. The molecule has 2 heterocycles. The first-order chi connectivity index (χ1) is 14.7. The van der Waals surface area contributed by atoms with Crippen LogP contribution in [-0.2, 0) is 16.0 Å². The molecule has 1 unspecified atom stereocenters. The zero-order valence-corrected chi connectivity index (χ0v) is 20.6. The van der Waals surface area contributed by atoms with Gasteiger partial charge in [-0.3, -0.25) is 9.89 Å². The van der Waals surface area contributed by atoms with E-state index in [1.54, 1.807) is 7.05 Å². The Kier molecular flexibility index (Phi) is 12.0. The minimum Gasteiger partial charge on any atom is -0.381 e. The van der Waals surface area contributed by atoms with Gasteiger partial charge in [0.2, 0.25) is 0 Å². The molecule has 9 heteroatoms. The molecule has 1 aromatic rings. The fourth-order valence-corrected chi connectivity index (χ4v) is 3.98. The number of nitrogens with one attached hydrogen (secondary N) is 2. The number of rotatable bonds is 8. The van der Waals surface area contributed by atoms with Crippen LogP contribution in [0.2, 0.25) is 0 Å². The molecule has 2 saturated heterocycles. The van der Waals surface area contributed by atoms with Gasteiger partial charge in [-0.1, -0.05) is 6.07 Å². The summed E-state index contributed by atoms with van der Waals surface area (Å²) >= 11 is 0. The molecule has 2 N–H and O–H groups in total. The fraction of sp³-hybridized carbons (Fsp3) is 0.682. The van der Waals surface area contributed by atoms with Crippen LogP contribution < -0.4 is 10.6 Å². The van der Waals surface area contributed by atoms with Crippen LogP contribution in [-0.4, -0.2) is 69.5 Å². The van der Waals surface area contributed by atoms with Crippen LogP contribution in [0.1, 0.15) is 37.7 Å². The Morgan fingerprint density at radius 1 is 1.23 bits per heavy atom. The lowest BCUT2D eigenvalue weighted by Crippen LogP contribution is -2.51. The van der Waals surface area contributed by atoms with Crippen LogP contribution >= 0.6 is 24.0 Å². The van der Waals surface area contributed by atoms with E-state index in [0.717, 1.165) is 77.5 Å². The maximum atomic E-state index is 14.0. The second kappa shape index (κ2) is 14.2. The molecule has 0 aromatic heterocycles. The molecule has 2 aliphatic rings. The van der Waals surface area contributed by atoms with Gasteiger partial charge in [-0.15, -0.1) is 24.0 Å². The standard InChI is InChI=1S/C22H34F2N4O2.HI/c1-25-22(26-10-4-12-30-18-8-13-29-14-9-18)27-17-5-3-11-28(15-17)16-19-20(23)6-2-7-21(19)24;/h2,6-7,17-18H,3-5,8-16H2,1H3,(H2,25,26,27);1H. The molecule has 0 saturated carbocycles. The molecule has 176 valence electrons. The van der Waals surface area contributed by atoms with E-state index in [1.165, 1.54) is 18.2 Å². The summed E-state index contributed by atoms with van der Waals surface area (Å²) in [6.45, 7) is 4.93. The Labute approximate surface area is 201 Å². The van der Waals surface area contributed by atoms with Crippen LogP contribution in [0.3, 0.4) is 0 Å². The van der Waals surface area contributed by atoms with E-state index >= 15 is 0 Å². The molecular formula is C22H35F2IN4O2. The molecule has 3 rings (SSSR count). The Morgan fingerprint density at radius 2 is 1.97 bits per heavy atom. The van der Waals surface area contributed by atoms with E-state index in [0.29, 0.717) is 6.10 Å². The minimum absolute atomic E-state index is 0. The topological polar surface area (TPSA) is 58.1 Å². The lowest BCUT2D eigenvalue weighted by atomic mass is 10.0. The van der Waals surface area contributed by atoms with Crippen molar-refractivity contribution >= 4 is 29.9 Å². The normalized spacial score (nSPS) is 20.9. The Hall–Kier alpha value is -1.04. The summed E-state index contributed by atoms with van der Waals surface area (Å²) in [7, 11) is 1.75. The maximum absolute atomic E-state index is 14.0. The number of aliphatic imine (C=N–C) groups is 1. The first-order valence-corrected chi connectivity index (χ1v) is 11.0. The summed E-state index contributed by atoms with van der Waals surface area (Å²) in [5.41, 5.74) is 0.144. The number of nitrogens with zero attached hydrogens (tertiary/aromatic N) is 2. The first kappa shape index (κ1) is 26.2. The number of ether oxygens (including phenoxy) is 2. The third kappa shape index (κ3) is 8.78. The van der Waals surface area contributed by atoms with Crippen LogP contribution in [0.25, 0.3) is 0 Å². The number of benzene rings is 1. The molecule has 0 spiro atoms. The lowest BCUT2D eigenvalue weighted by molar-refractivity contribution is -0.0320. The van der Waals surface area contributed by atoms with Gasteiger partial charge in [-0.25, -0.2) is 8.78 Å². The van der Waals surface area contributed by atoms with Gasteiger partial charge < -0.3 is 20.1 Å². The number of hydrogen-bond acceptors (Lipinski definition) is 4. The molecular weight excluding hydrogens is 517 g/mol. The van der Waals surface area contributed by atoms with Crippen molar-refractivity contribution in [3.05, 3.63) is 35.4 Å². The molecule has 0 aliphatic carbocycles. The van der Waals surface area contributed by atoms with Crippen molar-refractivity contribution in [2.24, 2.45) is 4.99 Å². The number of piperidine rings is 1. The maximum Gasteiger partial charge on any atom is 0.191 e. The molecule has 0 bridgehead atoms. The summed E-state index contributed by atoms with van der Waals surface area (Å²) in [5, 5.41) is 6.78. The molecule has 1 atom stereocenters. The van der Waals surface area contributed by atoms with Gasteiger partial charge in [-0.2, -0.15) is 0 Å². The van der Waals surface area contributed by atoms with Crippen molar-refractivity contribution in [2.45, 2.75) is 50.8 Å². The molecule has 2 fully saturated rings. The second-order valence-electron chi connectivity index (χ2n) is 7.95. The highest BCUT2D eigenvalue weighted by atomic mass is 127. The van der Waals surface area contributed by atoms with Gasteiger partial charge in [0.15, 0.2) is 5.96 Å². The third-order valence-corrected chi connectivity index (χ3v) is 5.65. The van der Waals surface area contributed by atoms with Crippen LogP contribution in [0.5, 0.6) is 0 Å². The summed E-state index contributed by atoms with van der Waals surface area (Å²) < 4.78 is 39.2. The number of hydrogen-bond donors (Lipinski definition) is 2. The number of guanidine groups is 1. The Morgan fingerprint density at radius 3 is 2.68 bits per heavy atom. The lowest BCUT2D eigenvalue weighted by Gasteiger charge is -2.34. The second-order valence-corrected chi connectivity index (χ2v) is 7.95. The summed E-state index contributed by atoms with van der Waals surface area (Å²) in [5.74, 6) is -0.207. The van der Waals surface area contributed by atoms with E-state index in [2.05, 4.69) is 20.5 Å². The van der Waals surface area contributed by atoms with Crippen LogP contribution in [0, 0.1) is 11.6 Å². The van der Waals surface area contributed by atoms with E-state index in [4.69, 9.17) is 9.47 Å². The van der Waals surface area contributed by atoms with Crippen LogP contribution in [0.15, 0.2) is 23.2 Å². The summed E-state index contributed by atoms with van der Waals surface area (Å²) in [6.07, 6.45) is 5.16. The van der Waals surface area contributed by atoms with Crippen molar-refractivity contribution in [2.75, 3.05) is 46.5 Å². The third-order valence-electron chi connectivity index (χ3n) is 5.65. The predicted octanol–water partition coefficient (Wildman–Crippen LogP) is 3.30. The predicted molar refractivity (Wildman–Crippen MR) is 129 cm³/mol. The van der Waals surface area contributed by atoms with Crippen molar-refractivity contribution in [3.8, 4) is 0 Å². The van der Waals surface area contributed by atoms with Crippen molar-refractivity contribution in [1.29, 1.82) is 0 Å². The van der Waals surface area contributed by atoms with Crippen LogP contribution in [0.4, 0.5) is 8.78 Å². The van der Waals surface area contributed by atoms with Crippen molar-refractivity contribution < 1.29 is 18.3 Å². The van der Waals surface area contributed by atoms with E-state index in [9.17, 15) is 8.78 Å². The highest BCUT2D eigenvalue weighted by Gasteiger charge is 2.22. The van der Waals surface area contributed by atoms with Crippen molar-refractivity contribution in [3.63, 3.8) is 0 Å². The SMILES string of the molecule is CN=C(NCCCOC1CCOCC1)NC1CCCN(Cc2c(F)cccc2F)C1.I. The average Bonchev–Trinajstić information content (AvgIpc) is 2.76. The molecule has 2 aliphatic heterocycles. The van der Waals surface area contributed by atoms with E-state index < -0.39 is 11.6 Å². The largest absolute Gasteiger partial charge is 0.381 e. The fourth-order valence-electron chi connectivity index (χ4n) is 3.98.